The Morgan fingerprint density at radius 1 is 0.537 bits per heavy atom. The van der Waals surface area contributed by atoms with Crippen LogP contribution in [-0.2, 0) is 75.2 Å². The van der Waals surface area contributed by atoms with Crippen molar-refractivity contribution in [2.45, 2.75) is 183 Å². The van der Waals surface area contributed by atoms with E-state index in [9.17, 15) is 62.3 Å². The summed E-state index contributed by atoms with van der Waals surface area (Å²) in [7, 11) is 0. The minimum absolute atomic E-state index is 0.0736. The van der Waals surface area contributed by atoms with E-state index >= 15 is 0 Å². The normalized spacial score (nSPS) is 16.8. The molecule has 13 amide bonds. The molecule has 2 heterocycles. The van der Waals surface area contributed by atoms with Gasteiger partial charge in [0.05, 0.1) is 12.6 Å². The van der Waals surface area contributed by atoms with E-state index in [0.717, 1.165) is 0 Å². The summed E-state index contributed by atoms with van der Waals surface area (Å²) >= 11 is 1.45. The first kappa shape index (κ1) is 78.5. The van der Waals surface area contributed by atoms with E-state index in [1.807, 2.05) is 20.1 Å². The van der Waals surface area contributed by atoms with Crippen molar-refractivity contribution in [1.29, 1.82) is 0 Å². The van der Waals surface area contributed by atoms with E-state index in [2.05, 4.69) is 47.5 Å². The van der Waals surface area contributed by atoms with E-state index in [-0.39, 0.29) is 83.0 Å². The maximum absolute atomic E-state index is 14.7. The number of carbonyl (C=O) groups excluding carboxylic acids is 13. The van der Waals surface area contributed by atoms with Gasteiger partial charge in [0.1, 0.15) is 54.4 Å². The molecule has 2 aliphatic rings. The first-order chi connectivity index (χ1) is 45.2. The van der Waals surface area contributed by atoms with Gasteiger partial charge in [0.15, 0.2) is 5.96 Å². The smallest absolute Gasteiger partial charge is 0.245 e. The third-order valence-corrected chi connectivity index (χ3v) is 16.7. The minimum atomic E-state index is -1.64. The topological polar surface area (TPSA) is 519 Å². The number of hydrogen-bond donors (Lipinski definition) is 15. The van der Waals surface area contributed by atoms with Gasteiger partial charge in [-0.05, 0) is 119 Å². The van der Waals surface area contributed by atoms with Gasteiger partial charge in [-0.15, -0.1) is 0 Å². The molecule has 2 aromatic carbocycles. The monoisotopic (exact) mass is 1350 g/mol. The van der Waals surface area contributed by atoms with E-state index in [4.69, 9.17) is 40.1 Å². The van der Waals surface area contributed by atoms with Gasteiger partial charge in [0.2, 0.25) is 76.8 Å². The van der Waals surface area contributed by atoms with Gasteiger partial charge in [-0.1, -0.05) is 74.5 Å². The van der Waals surface area contributed by atoms with Crippen LogP contribution in [0.15, 0.2) is 65.7 Å². The lowest BCUT2D eigenvalue weighted by molar-refractivity contribution is -0.144. The third kappa shape index (κ3) is 27.5. The molecular formula is C63H98N18O13S. The Labute approximate surface area is 558 Å². The molecule has 0 aromatic heterocycles. The van der Waals surface area contributed by atoms with E-state index in [1.54, 1.807) is 60.7 Å². The average Bonchev–Trinajstić information content (AvgIpc) is 1.74. The van der Waals surface area contributed by atoms with Crippen LogP contribution in [-0.4, -0.2) is 198 Å². The van der Waals surface area contributed by atoms with Crippen LogP contribution in [0, 0.1) is 5.92 Å². The van der Waals surface area contributed by atoms with Crippen LogP contribution in [0.25, 0.3) is 0 Å². The predicted octanol–water partition coefficient (Wildman–Crippen LogP) is -3.71. The Balaban J connectivity index is 1.56. The molecule has 0 bridgehead atoms. The zero-order valence-electron chi connectivity index (χ0n) is 54.5. The number of nitrogens with one attached hydrogen (secondary N) is 8. The lowest BCUT2D eigenvalue weighted by Crippen LogP contribution is -2.60. The van der Waals surface area contributed by atoms with Crippen LogP contribution in [0.2, 0.25) is 0 Å². The summed E-state index contributed by atoms with van der Waals surface area (Å²) in [6, 6.07) is 4.51. The molecular weight excluding hydrogens is 1250 g/mol. The van der Waals surface area contributed by atoms with Crippen LogP contribution >= 0.6 is 11.8 Å². The number of thioether (sulfide) groups is 1. The van der Waals surface area contributed by atoms with Gasteiger partial charge in [-0.2, -0.15) is 11.8 Å². The summed E-state index contributed by atoms with van der Waals surface area (Å²) < 4.78 is 0. The summed E-state index contributed by atoms with van der Waals surface area (Å²) in [5, 5.41) is 21.1. The number of carbonyl (C=O) groups is 13. The number of likely N-dealkylation sites (tertiary alicyclic amines) is 2. The van der Waals surface area contributed by atoms with Gasteiger partial charge in [-0.3, -0.25) is 67.3 Å². The first-order valence-electron chi connectivity index (χ1n) is 32.2. The fraction of sp³-hybridized carbons (Fsp3) is 0.587. The Morgan fingerprint density at radius 2 is 1.01 bits per heavy atom. The quantitative estimate of drug-likeness (QED) is 0.0173. The fourth-order valence-electron chi connectivity index (χ4n) is 11.0. The van der Waals surface area contributed by atoms with E-state index in [0.29, 0.717) is 55.4 Å². The second-order valence-electron chi connectivity index (χ2n) is 24.1. The standard InChI is InChI=1S/C63H98N18O13S/c1-37(2)33-45(57(89)74-41(53(68)85)27-32-95-3)73-52(84)36-72-54(86)46(34-38-15-6-4-7-16-38)78-58(90)47(35-39-17-8-5-9-18-39)79-56(88)42(23-25-50(66)82)75-55(87)43(24-26-51(67)83)76-59(91)49-22-14-31-81(49)62(94)44(20-10-11-28-64)77-60(92)48-21-13-30-80(48)61(93)40(65)19-12-29-71-63(69)70/h4-9,15-18,37,40-49H,10-14,19-36,64-65H2,1-3H3,(H2,66,82)(H2,67,83)(H2,68,85)(H,72,86)(H,73,84)(H,74,89)(H,75,87)(H,76,91)(H,77,92)(H,78,90)(H,79,88)(H4,69,70,71)/t40-,41+,42-,43-,44+,45-,46-,47-,48+,49+/m1/s1. The molecule has 0 unspecified atom stereocenters. The average molecular weight is 1350 g/mol. The number of benzene rings is 2. The maximum Gasteiger partial charge on any atom is 0.245 e. The summed E-state index contributed by atoms with van der Waals surface area (Å²) in [6.07, 6.45) is 3.12. The van der Waals surface area contributed by atoms with Gasteiger partial charge in [-0.25, -0.2) is 0 Å². The molecule has 524 valence electrons. The van der Waals surface area contributed by atoms with E-state index < -0.39 is 169 Å². The second kappa shape index (κ2) is 41.0. The number of guanidine groups is 1. The number of nitrogens with zero attached hydrogens (tertiary/aromatic N) is 3. The Bertz CT molecular complexity index is 2960. The van der Waals surface area contributed by atoms with Crippen molar-refractivity contribution in [3.63, 3.8) is 0 Å². The molecule has 0 radical (unpaired) electrons. The van der Waals surface area contributed by atoms with Crippen molar-refractivity contribution in [2.75, 3.05) is 44.7 Å². The number of aliphatic imine (C=N–C) groups is 1. The largest absolute Gasteiger partial charge is 0.370 e. The molecule has 31 nitrogen and oxygen atoms in total. The third-order valence-electron chi connectivity index (χ3n) is 16.0. The number of amides is 13. The van der Waals surface area contributed by atoms with Gasteiger partial charge < -0.3 is 92.5 Å². The van der Waals surface area contributed by atoms with Crippen LogP contribution in [0.1, 0.15) is 121 Å². The molecule has 95 heavy (non-hydrogen) atoms. The summed E-state index contributed by atoms with van der Waals surface area (Å²) in [4.78, 5) is 185. The van der Waals surface area contributed by atoms with Crippen molar-refractivity contribution in [1.82, 2.24) is 52.3 Å². The summed E-state index contributed by atoms with van der Waals surface area (Å²) in [5.41, 5.74) is 40.6. The minimum Gasteiger partial charge on any atom is -0.370 e. The number of nitrogens with two attached hydrogens (primary N) is 7. The highest BCUT2D eigenvalue weighted by atomic mass is 32.2. The van der Waals surface area contributed by atoms with E-state index in [1.165, 1.54) is 21.6 Å². The molecule has 4 rings (SSSR count). The van der Waals surface area contributed by atoms with Crippen molar-refractivity contribution in [3.8, 4) is 0 Å². The number of rotatable bonds is 42. The molecule has 0 aliphatic carbocycles. The van der Waals surface area contributed by atoms with Gasteiger partial charge >= 0.3 is 0 Å². The summed E-state index contributed by atoms with van der Waals surface area (Å²) in [5.74, 6) is -9.80. The second-order valence-corrected chi connectivity index (χ2v) is 25.1. The van der Waals surface area contributed by atoms with Crippen LogP contribution < -0.4 is 82.7 Å². The molecule has 22 N–H and O–H groups in total. The Hall–Kier alpha value is -8.91. The SMILES string of the molecule is CSCC[C@H](NC(=O)[C@@H](CC(C)C)NC(=O)CNC(=O)[C@@H](Cc1ccccc1)NC(=O)[C@@H](Cc1ccccc1)NC(=O)[C@@H](CCC(N)=O)NC(=O)[C@@H](CCC(N)=O)NC(=O)[C@@H]1CCCN1C(=O)[C@H](CCCCN)NC(=O)[C@@H]1CCCN1C(=O)[C@H](N)CCCN=C(N)N)C(N)=O. The zero-order valence-corrected chi connectivity index (χ0v) is 55.3. The van der Waals surface area contributed by atoms with Crippen LogP contribution in [0.5, 0.6) is 0 Å². The number of hydrogen-bond acceptors (Lipinski definition) is 17. The molecule has 2 saturated heterocycles. The lowest BCUT2D eigenvalue weighted by Gasteiger charge is -2.32. The highest BCUT2D eigenvalue weighted by Gasteiger charge is 2.42. The van der Waals surface area contributed by atoms with Crippen molar-refractivity contribution in [2.24, 2.45) is 51.0 Å². The molecule has 32 heteroatoms. The Kier molecular flexibility index (Phi) is 33.9. The Morgan fingerprint density at radius 3 is 1.51 bits per heavy atom. The molecule has 2 fully saturated rings. The van der Waals surface area contributed by atoms with Gasteiger partial charge in [0, 0.05) is 45.3 Å². The predicted molar refractivity (Wildman–Crippen MR) is 356 cm³/mol. The molecule has 2 aromatic rings. The number of primary amides is 3. The summed E-state index contributed by atoms with van der Waals surface area (Å²) in [6.45, 7) is 3.86. The molecule has 0 spiro atoms. The van der Waals surface area contributed by atoms with Gasteiger partial charge in [0.25, 0.3) is 0 Å². The first-order valence-corrected chi connectivity index (χ1v) is 33.6. The zero-order chi connectivity index (χ0) is 70.1. The number of unbranched alkanes of at least 4 members (excludes halogenated alkanes) is 1. The molecule has 2 aliphatic heterocycles. The highest BCUT2D eigenvalue weighted by molar-refractivity contribution is 7.98. The van der Waals surface area contributed by atoms with Crippen molar-refractivity contribution in [3.05, 3.63) is 71.8 Å². The van der Waals surface area contributed by atoms with Crippen LogP contribution in [0.3, 0.4) is 0 Å². The van der Waals surface area contributed by atoms with Crippen LogP contribution in [0.4, 0.5) is 0 Å². The molecule has 10 atom stereocenters. The fourth-order valence-corrected chi connectivity index (χ4v) is 11.5. The molecule has 0 saturated carbocycles. The highest BCUT2D eigenvalue weighted by Crippen LogP contribution is 2.24. The van der Waals surface area contributed by atoms with Crippen molar-refractivity contribution < 1.29 is 62.3 Å². The lowest BCUT2D eigenvalue weighted by atomic mass is 10.0. The maximum atomic E-state index is 14.7. The van der Waals surface area contributed by atoms with Crippen molar-refractivity contribution >= 4 is 94.5 Å².